The van der Waals surface area contributed by atoms with Crippen molar-refractivity contribution in [1.29, 1.82) is 0 Å². The number of ether oxygens (including phenoxy) is 1. The van der Waals surface area contributed by atoms with Crippen molar-refractivity contribution in [3.63, 3.8) is 0 Å². The SMILES string of the molecule is Cc1c(C(=O)OCC(=O)NCCc2ccccc2)cnn1-c1ccccn1. The maximum atomic E-state index is 12.2. The Bertz CT molecular complexity index is 907. The average molecular weight is 364 g/mol. The van der Waals surface area contributed by atoms with Crippen LogP contribution >= 0.6 is 0 Å². The molecular weight excluding hydrogens is 344 g/mol. The molecule has 3 aromatic rings. The number of nitrogens with one attached hydrogen (secondary N) is 1. The van der Waals surface area contributed by atoms with Crippen LogP contribution in [0.25, 0.3) is 5.82 Å². The zero-order valence-corrected chi connectivity index (χ0v) is 15.0. The molecule has 138 valence electrons. The van der Waals surface area contributed by atoms with Gasteiger partial charge in [-0.25, -0.2) is 14.5 Å². The number of carbonyl (C=O) groups is 2. The topological polar surface area (TPSA) is 86.1 Å². The molecule has 0 saturated carbocycles. The predicted octanol–water partition coefficient (Wildman–Crippen LogP) is 2.09. The Morgan fingerprint density at radius 2 is 1.89 bits per heavy atom. The van der Waals surface area contributed by atoms with Crippen LogP contribution in [0.15, 0.2) is 60.9 Å². The van der Waals surface area contributed by atoms with Crippen LogP contribution in [-0.2, 0) is 16.0 Å². The molecule has 1 N–H and O–H groups in total. The summed E-state index contributed by atoms with van der Waals surface area (Å²) in [6.45, 7) is 1.90. The van der Waals surface area contributed by atoms with Crippen LogP contribution in [0.1, 0.15) is 21.6 Å². The Balaban J connectivity index is 1.49. The van der Waals surface area contributed by atoms with Gasteiger partial charge in [-0.2, -0.15) is 5.10 Å². The molecule has 0 aliphatic rings. The Morgan fingerprint density at radius 1 is 1.11 bits per heavy atom. The number of aromatic nitrogens is 3. The van der Waals surface area contributed by atoms with Crippen LogP contribution in [-0.4, -0.2) is 39.8 Å². The first-order valence-electron chi connectivity index (χ1n) is 8.59. The third kappa shape index (κ3) is 4.78. The molecule has 2 aromatic heterocycles. The van der Waals surface area contributed by atoms with E-state index in [9.17, 15) is 9.59 Å². The highest BCUT2D eigenvalue weighted by Gasteiger charge is 2.18. The quantitative estimate of drug-likeness (QED) is 0.649. The van der Waals surface area contributed by atoms with Gasteiger partial charge in [0, 0.05) is 12.7 Å². The van der Waals surface area contributed by atoms with Crippen molar-refractivity contribution >= 4 is 11.9 Å². The minimum atomic E-state index is -0.590. The van der Waals surface area contributed by atoms with Gasteiger partial charge in [0.25, 0.3) is 5.91 Å². The van der Waals surface area contributed by atoms with Gasteiger partial charge in [0.15, 0.2) is 12.4 Å². The molecule has 0 unspecified atom stereocenters. The van der Waals surface area contributed by atoms with E-state index in [0.717, 1.165) is 12.0 Å². The van der Waals surface area contributed by atoms with Crippen LogP contribution in [0.3, 0.4) is 0 Å². The van der Waals surface area contributed by atoms with Crippen LogP contribution in [0, 0.1) is 6.92 Å². The van der Waals surface area contributed by atoms with Gasteiger partial charge in [-0.15, -0.1) is 0 Å². The van der Waals surface area contributed by atoms with Gasteiger partial charge < -0.3 is 10.1 Å². The highest BCUT2D eigenvalue weighted by Crippen LogP contribution is 2.13. The molecule has 0 aliphatic heterocycles. The highest BCUT2D eigenvalue weighted by molar-refractivity contribution is 5.92. The zero-order chi connectivity index (χ0) is 19.1. The lowest BCUT2D eigenvalue weighted by molar-refractivity contribution is -0.124. The average Bonchev–Trinajstić information content (AvgIpc) is 3.09. The molecule has 0 saturated heterocycles. The maximum absolute atomic E-state index is 12.2. The van der Waals surface area contributed by atoms with Crippen molar-refractivity contribution in [2.24, 2.45) is 0 Å². The number of esters is 1. The molecule has 0 aliphatic carbocycles. The van der Waals surface area contributed by atoms with Crippen LogP contribution in [0.2, 0.25) is 0 Å². The Hall–Kier alpha value is -3.48. The molecule has 0 radical (unpaired) electrons. The molecular formula is C20H20N4O3. The van der Waals surface area contributed by atoms with E-state index in [0.29, 0.717) is 23.6 Å². The number of nitrogens with zero attached hydrogens (tertiary/aromatic N) is 3. The van der Waals surface area contributed by atoms with Crippen molar-refractivity contribution in [1.82, 2.24) is 20.1 Å². The zero-order valence-electron chi connectivity index (χ0n) is 15.0. The molecule has 0 spiro atoms. The third-order valence-electron chi connectivity index (χ3n) is 4.01. The summed E-state index contributed by atoms with van der Waals surface area (Å²) in [7, 11) is 0. The van der Waals surface area contributed by atoms with E-state index in [-0.39, 0.29) is 12.5 Å². The number of hydrogen-bond donors (Lipinski definition) is 1. The van der Waals surface area contributed by atoms with Gasteiger partial charge in [0.2, 0.25) is 0 Å². The van der Waals surface area contributed by atoms with E-state index in [2.05, 4.69) is 15.4 Å². The molecule has 7 nitrogen and oxygen atoms in total. The molecule has 1 aromatic carbocycles. The minimum Gasteiger partial charge on any atom is -0.452 e. The van der Waals surface area contributed by atoms with Gasteiger partial charge in [0.05, 0.1) is 11.9 Å². The summed E-state index contributed by atoms with van der Waals surface area (Å²) in [6.07, 6.45) is 3.78. The van der Waals surface area contributed by atoms with Crippen molar-refractivity contribution in [2.75, 3.05) is 13.2 Å². The lowest BCUT2D eigenvalue weighted by Gasteiger charge is -2.07. The normalized spacial score (nSPS) is 10.4. The first-order chi connectivity index (χ1) is 13.1. The summed E-state index contributed by atoms with van der Waals surface area (Å²) in [5.41, 5.74) is 2.04. The molecule has 0 fully saturated rings. The van der Waals surface area contributed by atoms with Crippen molar-refractivity contribution in [3.8, 4) is 5.82 Å². The molecule has 0 atom stereocenters. The third-order valence-corrected chi connectivity index (χ3v) is 4.01. The number of rotatable bonds is 7. The van der Waals surface area contributed by atoms with E-state index >= 15 is 0 Å². The second-order valence-corrected chi connectivity index (χ2v) is 5.91. The molecule has 2 heterocycles. The second-order valence-electron chi connectivity index (χ2n) is 5.91. The van der Waals surface area contributed by atoms with Gasteiger partial charge in [-0.3, -0.25) is 4.79 Å². The first-order valence-corrected chi connectivity index (χ1v) is 8.59. The number of pyridine rings is 1. The van der Waals surface area contributed by atoms with E-state index in [1.54, 1.807) is 29.9 Å². The van der Waals surface area contributed by atoms with E-state index < -0.39 is 5.97 Å². The smallest absolute Gasteiger partial charge is 0.342 e. The van der Waals surface area contributed by atoms with Crippen molar-refractivity contribution in [2.45, 2.75) is 13.3 Å². The van der Waals surface area contributed by atoms with Crippen LogP contribution in [0.5, 0.6) is 0 Å². The van der Waals surface area contributed by atoms with Gasteiger partial charge in [0.1, 0.15) is 5.56 Å². The summed E-state index contributed by atoms with van der Waals surface area (Å²) in [5.74, 6) is -0.324. The van der Waals surface area contributed by atoms with Crippen molar-refractivity contribution < 1.29 is 14.3 Å². The van der Waals surface area contributed by atoms with E-state index in [1.807, 2.05) is 36.4 Å². The Morgan fingerprint density at radius 3 is 2.63 bits per heavy atom. The fraction of sp³-hybridized carbons (Fsp3) is 0.200. The largest absolute Gasteiger partial charge is 0.452 e. The fourth-order valence-electron chi connectivity index (χ4n) is 2.57. The minimum absolute atomic E-state index is 0.303. The van der Waals surface area contributed by atoms with Crippen molar-refractivity contribution in [3.05, 3.63) is 77.7 Å². The molecule has 1 amide bonds. The molecule has 7 heteroatoms. The summed E-state index contributed by atoms with van der Waals surface area (Å²) in [5, 5.41) is 6.91. The number of hydrogen-bond acceptors (Lipinski definition) is 5. The standard InChI is InChI=1S/C20H20N4O3/c1-15-17(13-23-24(15)18-9-5-6-11-21-18)20(26)27-14-19(25)22-12-10-16-7-3-2-4-8-16/h2-9,11,13H,10,12,14H2,1H3,(H,22,25). The van der Waals surface area contributed by atoms with Crippen LogP contribution in [0.4, 0.5) is 0 Å². The first kappa shape index (κ1) is 18.3. The monoisotopic (exact) mass is 364 g/mol. The van der Waals surface area contributed by atoms with E-state index in [4.69, 9.17) is 4.74 Å². The van der Waals surface area contributed by atoms with Crippen LogP contribution < -0.4 is 5.32 Å². The van der Waals surface area contributed by atoms with E-state index in [1.165, 1.54) is 6.20 Å². The molecule has 0 bridgehead atoms. The summed E-state index contributed by atoms with van der Waals surface area (Å²) < 4.78 is 6.65. The maximum Gasteiger partial charge on any atom is 0.342 e. The lowest BCUT2D eigenvalue weighted by Crippen LogP contribution is -2.30. The van der Waals surface area contributed by atoms with Gasteiger partial charge in [-0.1, -0.05) is 36.4 Å². The highest BCUT2D eigenvalue weighted by atomic mass is 16.5. The molecule has 3 rings (SSSR count). The number of carbonyl (C=O) groups excluding carboxylic acids is 2. The van der Waals surface area contributed by atoms with Gasteiger partial charge in [-0.05, 0) is 31.0 Å². The summed E-state index contributed by atoms with van der Waals surface area (Å²) in [4.78, 5) is 28.3. The number of benzene rings is 1. The lowest BCUT2D eigenvalue weighted by atomic mass is 10.1. The fourth-order valence-corrected chi connectivity index (χ4v) is 2.57. The second kappa shape index (κ2) is 8.75. The summed E-state index contributed by atoms with van der Waals surface area (Å²) in [6, 6.07) is 15.3. The Labute approximate surface area is 157 Å². The van der Waals surface area contributed by atoms with Gasteiger partial charge >= 0.3 is 5.97 Å². The molecule has 27 heavy (non-hydrogen) atoms. The predicted molar refractivity (Wildman–Crippen MR) is 99.5 cm³/mol. The number of amides is 1. The Kier molecular flexibility index (Phi) is 5.94. The summed E-state index contributed by atoms with van der Waals surface area (Å²) >= 11 is 0.